The highest BCUT2D eigenvalue weighted by atomic mass is 35.7. The predicted octanol–water partition coefficient (Wildman–Crippen LogP) is 1.87. The molecule has 0 bridgehead atoms. The molecule has 0 radical (unpaired) electrons. The van der Waals surface area contributed by atoms with Crippen LogP contribution in [0.3, 0.4) is 0 Å². The zero-order valence-electron chi connectivity index (χ0n) is 8.67. The Labute approximate surface area is 89.4 Å². The lowest BCUT2D eigenvalue weighted by Crippen LogP contribution is -2.07. The van der Waals surface area contributed by atoms with Crippen LogP contribution in [0.5, 0.6) is 5.75 Å². The molecule has 5 heteroatoms. The molecule has 0 aliphatic carbocycles. The van der Waals surface area contributed by atoms with Gasteiger partial charge in [-0.3, -0.25) is 4.21 Å². The van der Waals surface area contributed by atoms with Crippen LogP contribution in [0.1, 0.15) is 11.1 Å². The monoisotopic (exact) mass is 235 g/mol. The molecule has 0 fully saturated rings. The lowest BCUT2D eigenvalue weighted by molar-refractivity contribution is 0.405. The maximum absolute atomic E-state index is 11.7. The summed E-state index contributed by atoms with van der Waals surface area (Å²) in [5.74, 6) is 0.706. The number of methoxy groups -OCH3 is 1. The fraction of sp³-hybridized carbons (Fsp3) is 0.444. The Morgan fingerprint density at radius 3 is 2.50 bits per heavy atom. The summed E-state index contributed by atoms with van der Waals surface area (Å²) in [6, 6.07) is 0. The molecular formula is C9H14ClNO2S. The highest BCUT2D eigenvalue weighted by Crippen LogP contribution is 2.30. The van der Waals surface area contributed by atoms with Gasteiger partial charge in [-0.2, -0.15) is 0 Å². The fourth-order valence-electron chi connectivity index (χ4n) is 1.43. The maximum atomic E-state index is 11.7. The number of pyridine rings is 1. The van der Waals surface area contributed by atoms with E-state index in [0.29, 0.717) is 10.8 Å². The summed E-state index contributed by atoms with van der Waals surface area (Å²) in [5, 5.41) is 0.432. The van der Waals surface area contributed by atoms with Crippen molar-refractivity contribution < 1.29 is 8.95 Å². The minimum atomic E-state index is -2.83. The number of thiol groups is 1. The van der Waals surface area contributed by atoms with Crippen molar-refractivity contribution >= 4 is 19.8 Å². The molecular weight excluding hydrogens is 222 g/mol. The van der Waals surface area contributed by atoms with Crippen LogP contribution < -0.4 is 4.74 Å². The first-order valence-electron chi connectivity index (χ1n) is 4.16. The van der Waals surface area contributed by atoms with E-state index >= 15 is 0 Å². The molecule has 0 spiro atoms. The average molecular weight is 236 g/mol. The number of nitrogens with zero attached hydrogens (tertiary/aromatic N) is 1. The molecule has 0 saturated carbocycles. The van der Waals surface area contributed by atoms with Crippen LogP contribution in [0.4, 0.5) is 0 Å². The van der Waals surface area contributed by atoms with Gasteiger partial charge < -0.3 is 4.74 Å². The Balaban J connectivity index is 3.44. The summed E-state index contributed by atoms with van der Waals surface area (Å²) in [4.78, 5) is 4.08. The van der Waals surface area contributed by atoms with Crippen molar-refractivity contribution in [3.05, 3.63) is 17.3 Å². The molecule has 80 valence electrons. The van der Waals surface area contributed by atoms with E-state index in [1.54, 1.807) is 13.3 Å². The minimum Gasteiger partial charge on any atom is -0.496 e. The van der Waals surface area contributed by atoms with Gasteiger partial charge in [-0.05, 0) is 24.5 Å². The standard InChI is InChI=1S/C9H14ClNO2S/c1-6-5-11-9(14(4,10)12)7(2)8(6)13-3/h5,14H,1-4H3. The molecule has 14 heavy (non-hydrogen) atoms. The molecule has 3 nitrogen and oxygen atoms in total. The maximum Gasteiger partial charge on any atom is 0.128 e. The van der Waals surface area contributed by atoms with Crippen molar-refractivity contribution in [3.8, 4) is 5.75 Å². The third kappa shape index (κ3) is 2.07. The van der Waals surface area contributed by atoms with Gasteiger partial charge >= 0.3 is 0 Å². The number of hydrogen-bond acceptors (Lipinski definition) is 3. The second kappa shape index (κ2) is 3.87. The molecule has 1 aromatic rings. The SMILES string of the molecule is COc1c(C)cnc([SH](C)(=O)Cl)c1C. The van der Waals surface area contributed by atoms with Crippen molar-refractivity contribution in [1.29, 1.82) is 0 Å². The first-order valence-corrected chi connectivity index (χ1v) is 7.21. The van der Waals surface area contributed by atoms with Gasteiger partial charge in [0.15, 0.2) is 0 Å². The zero-order chi connectivity index (χ0) is 10.9. The molecule has 1 aromatic heterocycles. The average Bonchev–Trinajstić information content (AvgIpc) is 2.02. The van der Waals surface area contributed by atoms with Crippen LogP contribution in [0, 0.1) is 13.8 Å². The van der Waals surface area contributed by atoms with Crippen molar-refractivity contribution in [3.63, 3.8) is 0 Å². The molecule has 0 unspecified atom stereocenters. The highest BCUT2D eigenvalue weighted by molar-refractivity contribution is 8.23. The van der Waals surface area contributed by atoms with Crippen molar-refractivity contribution in [2.24, 2.45) is 0 Å². The molecule has 0 saturated heterocycles. The molecule has 0 aliphatic rings. The quantitative estimate of drug-likeness (QED) is 0.628. The van der Waals surface area contributed by atoms with E-state index in [1.807, 2.05) is 13.8 Å². The third-order valence-corrected chi connectivity index (χ3v) is 3.68. The van der Waals surface area contributed by atoms with E-state index in [0.717, 1.165) is 11.1 Å². The Hall–Kier alpha value is -0.610. The van der Waals surface area contributed by atoms with Gasteiger partial charge in [-0.15, -0.1) is 0 Å². The number of aromatic nitrogens is 1. The van der Waals surface area contributed by atoms with Gasteiger partial charge in [0, 0.05) is 32.7 Å². The third-order valence-electron chi connectivity index (χ3n) is 2.00. The van der Waals surface area contributed by atoms with Crippen LogP contribution >= 0.6 is 10.7 Å². The second-order valence-electron chi connectivity index (χ2n) is 3.24. The van der Waals surface area contributed by atoms with Crippen LogP contribution in [-0.4, -0.2) is 22.6 Å². The van der Waals surface area contributed by atoms with Gasteiger partial charge in [0.1, 0.15) is 10.8 Å². The topological polar surface area (TPSA) is 39.2 Å². The normalized spacial score (nSPS) is 12.6. The number of rotatable bonds is 2. The zero-order valence-corrected chi connectivity index (χ0v) is 10.3. The number of ether oxygens (including phenoxy) is 1. The summed E-state index contributed by atoms with van der Waals surface area (Å²) in [6.45, 7) is 3.70. The molecule has 0 aliphatic heterocycles. The van der Waals surface area contributed by atoms with E-state index < -0.39 is 9.15 Å². The lowest BCUT2D eigenvalue weighted by atomic mass is 10.2. The number of halogens is 1. The Kier molecular flexibility index (Phi) is 3.17. The van der Waals surface area contributed by atoms with Gasteiger partial charge in [-0.1, -0.05) is 0 Å². The molecule has 1 heterocycles. The van der Waals surface area contributed by atoms with Crippen LogP contribution in [0.15, 0.2) is 11.2 Å². The molecule has 0 aromatic carbocycles. The molecule has 0 N–H and O–H groups in total. The number of aryl methyl sites for hydroxylation is 1. The molecule has 0 amide bonds. The minimum absolute atomic E-state index is 0.432. The number of hydrogen-bond donors (Lipinski definition) is 1. The highest BCUT2D eigenvalue weighted by Gasteiger charge is 2.17. The second-order valence-corrected chi connectivity index (χ2v) is 7.24. The largest absolute Gasteiger partial charge is 0.496 e. The van der Waals surface area contributed by atoms with Crippen LogP contribution in [0.25, 0.3) is 0 Å². The summed E-state index contributed by atoms with van der Waals surface area (Å²) >= 11 is 0. The van der Waals surface area contributed by atoms with Gasteiger partial charge in [0.25, 0.3) is 0 Å². The summed E-state index contributed by atoms with van der Waals surface area (Å²) in [6.07, 6.45) is 3.11. The van der Waals surface area contributed by atoms with E-state index in [2.05, 4.69) is 4.98 Å². The van der Waals surface area contributed by atoms with E-state index in [9.17, 15) is 4.21 Å². The van der Waals surface area contributed by atoms with Gasteiger partial charge in [0.2, 0.25) is 0 Å². The van der Waals surface area contributed by atoms with Gasteiger partial charge in [0.05, 0.1) is 7.11 Å². The van der Waals surface area contributed by atoms with Crippen LogP contribution in [0.2, 0.25) is 0 Å². The first kappa shape index (κ1) is 11.5. The van der Waals surface area contributed by atoms with E-state index in [1.165, 1.54) is 6.26 Å². The summed E-state index contributed by atoms with van der Waals surface area (Å²) in [5.41, 5.74) is 1.67. The molecule has 0 atom stereocenters. The summed E-state index contributed by atoms with van der Waals surface area (Å²) in [7, 11) is 4.53. The Bertz CT molecular complexity index is 400. The van der Waals surface area contributed by atoms with E-state index in [4.69, 9.17) is 15.4 Å². The summed E-state index contributed by atoms with van der Waals surface area (Å²) < 4.78 is 16.9. The lowest BCUT2D eigenvalue weighted by Gasteiger charge is -2.15. The van der Waals surface area contributed by atoms with Crippen LogP contribution in [-0.2, 0) is 9.15 Å². The molecule has 1 rings (SSSR count). The Morgan fingerprint density at radius 2 is 2.07 bits per heavy atom. The van der Waals surface area contributed by atoms with Crippen molar-refractivity contribution in [2.45, 2.75) is 18.9 Å². The Morgan fingerprint density at radius 1 is 1.50 bits per heavy atom. The van der Waals surface area contributed by atoms with Crippen molar-refractivity contribution in [1.82, 2.24) is 4.98 Å². The van der Waals surface area contributed by atoms with Gasteiger partial charge in [-0.25, -0.2) is 4.98 Å². The smallest absolute Gasteiger partial charge is 0.128 e. The first-order chi connectivity index (χ1) is 6.38. The fourth-order valence-corrected chi connectivity index (χ4v) is 2.90. The van der Waals surface area contributed by atoms with Crippen molar-refractivity contribution in [2.75, 3.05) is 13.4 Å². The van der Waals surface area contributed by atoms with E-state index in [-0.39, 0.29) is 0 Å². The predicted molar refractivity (Wildman–Crippen MR) is 59.8 cm³/mol.